The van der Waals surface area contributed by atoms with Crippen molar-refractivity contribution in [3.8, 4) is 39.1 Å². The van der Waals surface area contributed by atoms with Gasteiger partial charge in [-0.25, -0.2) is 4.79 Å². The van der Waals surface area contributed by atoms with Crippen LogP contribution in [0.1, 0.15) is 29.2 Å². The second-order valence-corrected chi connectivity index (χ2v) is 11.9. The quantitative estimate of drug-likeness (QED) is 0.0623. The number of allylic oxidation sites excluding steroid dienone is 1. The Hall–Kier alpha value is -6.06. The highest BCUT2D eigenvalue weighted by Crippen LogP contribution is 2.44. The lowest BCUT2D eigenvalue weighted by atomic mass is 9.69. The standard InChI is InChI=1S/C45H36O3/c1-4-40(46)29-36-23-26-38(30-41(36)34-17-11-7-12-18-34)45(3,37-24-21-33(22-25-37)32-15-9-6-10-16-32)39-27-28-43(48-44(47)5-2)42(31-39)35-19-13-8-14-20-35/h4-28,30-31H,1-2,29H2,3H3. The first-order valence-electron chi connectivity index (χ1n) is 15.9. The minimum Gasteiger partial charge on any atom is -0.423 e. The van der Waals surface area contributed by atoms with E-state index < -0.39 is 11.4 Å². The molecule has 6 aromatic rings. The van der Waals surface area contributed by atoms with Crippen molar-refractivity contribution in [2.24, 2.45) is 0 Å². The summed E-state index contributed by atoms with van der Waals surface area (Å²) < 4.78 is 5.74. The van der Waals surface area contributed by atoms with Crippen molar-refractivity contribution in [2.45, 2.75) is 18.8 Å². The molecule has 0 aromatic heterocycles. The van der Waals surface area contributed by atoms with Crippen LogP contribution in [0.5, 0.6) is 5.75 Å². The second-order valence-electron chi connectivity index (χ2n) is 11.9. The normalized spacial score (nSPS) is 12.0. The zero-order chi connectivity index (χ0) is 33.5. The topological polar surface area (TPSA) is 43.4 Å². The molecule has 48 heavy (non-hydrogen) atoms. The summed E-state index contributed by atoms with van der Waals surface area (Å²) in [6.45, 7) is 9.51. The van der Waals surface area contributed by atoms with E-state index in [1.54, 1.807) is 0 Å². The van der Waals surface area contributed by atoms with Gasteiger partial charge in [-0.1, -0.05) is 147 Å². The summed E-state index contributed by atoms with van der Waals surface area (Å²) >= 11 is 0. The Balaban J connectivity index is 1.59. The SMILES string of the molecule is C=CC(=O)Cc1ccc(C(C)(c2ccc(-c3ccccc3)cc2)c2ccc(OC(=O)C=C)c(-c3ccccc3)c2)cc1-c1ccccc1. The molecular weight excluding hydrogens is 588 g/mol. The van der Waals surface area contributed by atoms with E-state index in [1.165, 1.54) is 12.2 Å². The maximum Gasteiger partial charge on any atom is 0.335 e. The van der Waals surface area contributed by atoms with E-state index in [0.717, 1.165) is 55.6 Å². The zero-order valence-electron chi connectivity index (χ0n) is 26.9. The maximum absolute atomic E-state index is 12.6. The summed E-state index contributed by atoms with van der Waals surface area (Å²) in [6, 6.07) is 51.5. The predicted octanol–water partition coefficient (Wildman–Crippen LogP) is 10.4. The predicted molar refractivity (Wildman–Crippen MR) is 196 cm³/mol. The Morgan fingerprint density at radius 2 is 1.04 bits per heavy atom. The first kappa shape index (κ1) is 31.9. The lowest BCUT2D eigenvalue weighted by molar-refractivity contribution is -0.128. The number of ether oxygens (including phenoxy) is 1. The minimum atomic E-state index is -0.649. The van der Waals surface area contributed by atoms with Gasteiger partial charge in [0.1, 0.15) is 5.75 Å². The molecule has 0 bridgehead atoms. The van der Waals surface area contributed by atoms with Crippen LogP contribution < -0.4 is 4.74 Å². The van der Waals surface area contributed by atoms with Gasteiger partial charge in [-0.2, -0.15) is 0 Å². The van der Waals surface area contributed by atoms with Gasteiger partial charge in [0.15, 0.2) is 5.78 Å². The lowest BCUT2D eigenvalue weighted by Gasteiger charge is -2.33. The first-order chi connectivity index (χ1) is 23.4. The molecule has 6 rings (SSSR count). The number of rotatable bonds is 11. The Kier molecular flexibility index (Phi) is 9.40. The summed E-state index contributed by atoms with van der Waals surface area (Å²) in [6.07, 6.45) is 2.82. The molecule has 6 aromatic carbocycles. The molecule has 3 nitrogen and oxygen atoms in total. The Labute approximate surface area is 282 Å². The highest BCUT2D eigenvalue weighted by Gasteiger charge is 2.33. The van der Waals surface area contributed by atoms with Gasteiger partial charge in [-0.3, -0.25) is 4.79 Å². The molecule has 234 valence electrons. The van der Waals surface area contributed by atoms with E-state index in [9.17, 15) is 9.59 Å². The van der Waals surface area contributed by atoms with Crippen LogP contribution in [0, 0.1) is 0 Å². The fraction of sp³-hybridized carbons (Fsp3) is 0.0667. The van der Waals surface area contributed by atoms with Crippen molar-refractivity contribution < 1.29 is 14.3 Å². The van der Waals surface area contributed by atoms with Gasteiger partial charge in [0.2, 0.25) is 0 Å². The molecule has 0 aliphatic carbocycles. The molecule has 0 radical (unpaired) electrons. The lowest BCUT2D eigenvalue weighted by Crippen LogP contribution is -2.26. The molecule has 0 saturated heterocycles. The van der Waals surface area contributed by atoms with Crippen LogP contribution in [0.15, 0.2) is 177 Å². The number of benzene rings is 6. The average Bonchev–Trinajstić information content (AvgIpc) is 3.15. The van der Waals surface area contributed by atoms with Crippen molar-refractivity contribution in [3.05, 3.63) is 199 Å². The highest BCUT2D eigenvalue weighted by molar-refractivity contribution is 5.92. The fourth-order valence-electron chi connectivity index (χ4n) is 6.24. The Morgan fingerprint density at radius 3 is 1.60 bits per heavy atom. The average molecular weight is 625 g/mol. The summed E-state index contributed by atoms with van der Waals surface area (Å²) in [5.41, 5.74) is 9.47. The maximum atomic E-state index is 12.6. The molecule has 1 atom stereocenters. The van der Waals surface area contributed by atoms with Crippen LogP contribution in [0.4, 0.5) is 0 Å². The Bertz CT molecular complexity index is 1970. The van der Waals surface area contributed by atoms with Crippen molar-refractivity contribution in [2.75, 3.05) is 0 Å². The number of carbonyl (C=O) groups is 2. The van der Waals surface area contributed by atoms with Crippen LogP contribution in [0.3, 0.4) is 0 Å². The van der Waals surface area contributed by atoms with Crippen LogP contribution >= 0.6 is 0 Å². The van der Waals surface area contributed by atoms with Crippen LogP contribution in [-0.2, 0) is 21.4 Å². The molecule has 0 fully saturated rings. The van der Waals surface area contributed by atoms with E-state index in [2.05, 4.69) is 92.9 Å². The van der Waals surface area contributed by atoms with Crippen LogP contribution in [0.25, 0.3) is 33.4 Å². The summed E-state index contributed by atoms with van der Waals surface area (Å²) in [7, 11) is 0. The van der Waals surface area contributed by atoms with E-state index in [4.69, 9.17) is 4.74 Å². The van der Waals surface area contributed by atoms with E-state index in [0.29, 0.717) is 5.75 Å². The fourth-order valence-corrected chi connectivity index (χ4v) is 6.24. The summed E-state index contributed by atoms with van der Waals surface area (Å²) in [4.78, 5) is 25.0. The molecule has 0 aliphatic rings. The number of carbonyl (C=O) groups excluding carboxylic acids is 2. The third-order valence-electron chi connectivity index (χ3n) is 8.95. The molecule has 3 heteroatoms. The van der Waals surface area contributed by atoms with Crippen LogP contribution in [-0.4, -0.2) is 11.8 Å². The third-order valence-corrected chi connectivity index (χ3v) is 8.95. The molecule has 0 spiro atoms. The molecule has 0 aliphatic heterocycles. The van der Waals surface area contributed by atoms with Crippen molar-refractivity contribution in [1.82, 2.24) is 0 Å². The largest absolute Gasteiger partial charge is 0.423 e. The van der Waals surface area contributed by atoms with Gasteiger partial charge < -0.3 is 4.74 Å². The van der Waals surface area contributed by atoms with E-state index in [-0.39, 0.29) is 12.2 Å². The summed E-state index contributed by atoms with van der Waals surface area (Å²) in [5.74, 6) is -0.0902. The molecule has 0 N–H and O–H groups in total. The van der Waals surface area contributed by atoms with Gasteiger partial charge in [-0.05, 0) is 81.3 Å². The van der Waals surface area contributed by atoms with E-state index >= 15 is 0 Å². The van der Waals surface area contributed by atoms with Crippen molar-refractivity contribution in [1.29, 1.82) is 0 Å². The second kappa shape index (κ2) is 14.1. The van der Waals surface area contributed by atoms with Gasteiger partial charge in [0.25, 0.3) is 0 Å². The van der Waals surface area contributed by atoms with E-state index in [1.807, 2.05) is 78.9 Å². The molecule has 1 unspecified atom stereocenters. The third kappa shape index (κ3) is 6.58. The monoisotopic (exact) mass is 624 g/mol. The zero-order valence-corrected chi connectivity index (χ0v) is 26.9. The van der Waals surface area contributed by atoms with Gasteiger partial charge >= 0.3 is 5.97 Å². The van der Waals surface area contributed by atoms with Crippen molar-refractivity contribution >= 4 is 11.8 Å². The van der Waals surface area contributed by atoms with Crippen LogP contribution in [0.2, 0.25) is 0 Å². The number of hydrogen-bond acceptors (Lipinski definition) is 3. The minimum absolute atomic E-state index is 0.0312. The number of hydrogen-bond donors (Lipinski definition) is 0. The molecular formula is C45H36O3. The smallest absolute Gasteiger partial charge is 0.335 e. The van der Waals surface area contributed by atoms with Gasteiger partial charge in [0, 0.05) is 23.5 Å². The molecule has 0 amide bonds. The van der Waals surface area contributed by atoms with Gasteiger partial charge in [-0.15, -0.1) is 0 Å². The number of ketones is 1. The van der Waals surface area contributed by atoms with Gasteiger partial charge in [0.05, 0.1) is 0 Å². The highest BCUT2D eigenvalue weighted by atomic mass is 16.5. The summed E-state index contributed by atoms with van der Waals surface area (Å²) in [5, 5.41) is 0. The number of esters is 1. The molecule has 0 heterocycles. The Morgan fingerprint density at radius 1 is 0.562 bits per heavy atom. The van der Waals surface area contributed by atoms with Crippen molar-refractivity contribution in [3.63, 3.8) is 0 Å². The molecule has 0 saturated carbocycles. The first-order valence-corrected chi connectivity index (χ1v) is 15.9.